The van der Waals surface area contributed by atoms with E-state index in [4.69, 9.17) is 0 Å². The number of urea groups is 1. The van der Waals surface area contributed by atoms with Crippen molar-refractivity contribution in [3.05, 3.63) is 89.5 Å². The maximum absolute atomic E-state index is 13.1. The number of aromatic nitrogens is 1. The summed E-state index contributed by atoms with van der Waals surface area (Å²) in [5.74, 6) is -0.569. The second-order valence-electron chi connectivity index (χ2n) is 7.09. The van der Waals surface area contributed by atoms with E-state index < -0.39 is 0 Å². The van der Waals surface area contributed by atoms with Crippen molar-refractivity contribution in [1.82, 2.24) is 10.3 Å². The minimum absolute atomic E-state index is 0.203. The van der Waals surface area contributed by atoms with Gasteiger partial charge in [-0.15, -0.1) is 0 Å². The molecule has 1 atom stereocenters. The van der Waals surface area contributed by atoms with Crippen LogP contribution in [0.15, 0.2) is 66.9 Å². The summed E-state index contributed by atoms with van der Waals surface area (Å²) in [6.07, 6.45) is 2.27. The lowest BCUT2D eigenvalue weighted by atomic mass is 10.0. The van der Waals surface area contributed by atoms with Gasteiger partial charge in [-0.05, 0) is 67.4 Å². The average Bonchev–Trinajstić information content (AvgIpc) is 3.20. The van der Waals surface area contributed by atoms with E-state index in [2.05, 4.69) is 15.6 Å². The first-order valence-electron chi connectivity index (χ1n) is 9.70. The lowest BCUT2D eigenvalue weighted by molar-refractivity contribution is 0.0938. The molecule has 0 bridgehead atoms. The topological polar surface area (TPSA) is 74.3 Å². The molecule has 152 valence electrons. The highest BCUT2D eigenvalue weighted by Gasteiger charge is 2.28. The van der Waals surface area contributed by atoms with E-state index in [1.807, 2.05) is 31.2 Å². The summed E-state index contributed by atoms with van der Waals surface area (Å²) in [4.78, 5) is 31.5. The van der Waals surface area contributed by atoms with Crippen molar-refractivity contribution in [1.29, 1.82) is 0 Å². The van der Waals surface area contributed by atoms with Crippen LogP contribution in [0.2, 0.25) is 0 Å². The monoisotopic (exact) mass is 404 g/mol. The maximum Gasteiger partial charge on any atom is 0.326 e. The number of nitrogens with zero attached hydrogens (tertiary/aromatic N) is 2. The van der Waals surface area contributed by atoms with E-state index in [9.17, 15) is 14.0 Å². The van der Waals surface area contributed by atoms with E-state index in [1.54, 1.807) is 23.2 Å². The maximum atomic E-state index is 13.1. The Hall–Kier alpha value is -3.74. The Morgan fingerprint density at radius 3 is 2.60 bits per heavy atom. The fourth-order valence-corrected chi connectivity index (χ4v) is 3.56. The molecule has 3 aromatic rings. The van der Waals surface area contributed by atoms with Crippen molar-refractivity contribution in [3.63, 3.8) is 0 Å². The Balaban J connectivity index is 1.50. The molecule has 0 radical (unpaired) electrons. The van der Waals surface area contributed by atoms with Crippen LogP contribution >= 0.6 is 0 Å². The lowest BCUT2D eigenvalue weighted by Gasteiger charge is -2.19. The lowest BCUT2D eigenvalue weighted by Crippen LogP contribution is -2.33. The van der Waals surface area contributed by atoms with Crippen molar-refractivity contribution in [3.8, 4) is 0 Å². The van der Waals surface area contributed by atoms with Crippen LogP contribution in [-0.4, -0.2) is 23.5 Å². The number of carbonyl (C=O) groups excluding carboxylic acids is 2. The highest BCUT2D eigenvalue weighted by molar-refractivity contribution is 6.05. The molecule has 0 spiro atoms. The smallest absolute Gasteiger partial charge is 0.326 e. The summed E-state index contributed by atoms with van der Waals surface area (Å²) in [6, 6.07) is 16.0. The summed E-state index contributed by atoms with van der Waals surface area (Å²) in [5, 5.41) is 5.74. The van der Waals surface area contributed by atoms with Gasteiger partial charge < -0.3 is 10.6 Å². The van der Waals surface area contributed by atoms with Gasteiger partial charge in [0.05, 0.1) is 11.7 Å². The predicted octanol–water partition coefficient (Wildman–Crippen LogP) is 4.31. The molecule has 0 saturated carbocycles. The summed E-state index contributed by atoms with van der Waals surface area (Å²) in [6.45, 7) is 2.34. The number of pyridine rings is 1. The largest absolute Gasteiger partial charge is 0.344 e. The predicted molar refractivity (Wildman–Crippen MR) is 113 cm³/mol. The minimum atomic E-state index is -0.366. The van der Waals surface area contributed by atoms with E-state index in [0.717, 1.165) is 11.3 Å². The zero-order chi connectivity index (χ0) is 21.1. The first-order valence-corrected chi connectivity index (χ1v) is 9.70. The van der Waals surface area contributed by atoms with Gasteiger partial charge in [0.25, 0.3) is 5.91 Å². The van der Waals surface area contributed by atoms with E-state index in [1.165, 1.54) is 24.3 Å². The van der Waals surface area contributed by atoms with Gasteiger partial charge in [-0.1, -0.05) is 12.1 Å². The number of halogens is 1. The van der Waals surface area contributed by atoms with Crippen molar-refractivity contribution in [2.75, 3.05) is 16.8 Å². The van der Waals surface area contributed by atoms with Crippen LogP contribution in [0.5, 0.6) is 0 Å². The zero-order valence-electron chi connectivity index (χ0n) is 16.4. The SMILES string of the molecule is CC(NC(=O)c1cccc2c1CCN2C(=O)Nc1ccc(F)cc1)c1ccccn1. The number of anilines is 2. The Labute approximate surface area is 173 Å². The van der Waals surface area contributed by atoms with Gasteiger partial charge in [0, 0.05) is 29.7 Å². The van der Waals surface area contributed by atoms with Gasteiger partial charge >= 0.3 is 6.03 Å². The third-order valence-electron chi connectivity index (χ3n) is 5.09. The third-order valence-corrected chi connectivity index (χ3v) is 5.09. The van der Waals surface area contributed by atoms with Crippen molar-refractivity contribution in [2.24, 2.45) is 0 Å². The molecule has 0 saturated heterocycles. The Bertz CT molecular complexity index is 1070. The van der Waals surface area contributed by atoms with Crippen LogP contribution < -0.4 is 15.5 Å². The number of hydrogen-bond donors (Lipinski definition) is 2. The molecule has 30 heavy (non-hydrogen) atoms. The molecular formula is C23H21FN4O2. The average molecular weight is 404 g/mol. The summed E-state index contributed by atoms with van der Waals surface area (Å²) in [5.41, 5.74) is 3.37. The van der Waals surface area contributed by atoms with Gasteiger partial charge in [-0.3, -0.25) is 14.7 Å². The second-order valence-corrected chi connectivity index (χ2v) is 7.09. The molecule has 3 amide bonds. The molecular weight excluding hydrogens is 383 g/mol. The van der Waals surface area contributed by atoms with Crippen LogP contribution in [0.3, 0.4) is 0 Å². The standard InChI is InChI=1S/C23H21FN4O2/c1-15(20-6-2-3-13-25-20)26-22(29)19-5-4-7-21-18(19)12-14-28(21)23(30)27-17-10-8-16(24)9-11-17/h2-11,13,15H,12,14H2,1H3,(H,26,29)(H,27,30). The van der Waals surface area contributed by atoms with E-state index >= 15 is 0 Å². The quantitative estimate of drug-likeness (QED) is 0.681. The summed E-state index contributed by atoms with van der Waals surface area (Å²) >= 11 is 0. The number of carbonyl (C=O) groups is 2. The molecule has 2 N–H and O–H groups in total. The molecule has 1 unspecified atom stereocenters. The number of rotatable bonds is 4. The van der Waals surface area contributed by atoms with Crippen LogP contribution in [0.25, 0.3) is 0 Å². The zero-order valence-corrected chi connectivity index (χ0v) is 16.4. The molecule has 1 aliphatic heterocycles. The molecule has 6 nitrogen and oxygen atoms in total. The van der Waals surface area contributed by atoms with Crippen LogP contribution in [0, 0.1) is 5.82 Å². The van der Waals surface area contributed by atoms with E-state index in [-0.39, 0.29) is 23.8 Å². The van der Waals surface area contributed by atoms with Crippen molar-refractivity contribution < 1.29 is 14.0 Å². The second kappa shape index (κ2) is 8.32. The molecule has 2 heterocycles. The molecule has 0 aliphatic carbocycles. The fourth-order valence-electron chi connectivity index (χ4n) is 3.56. The van der Waals surface area contributed by atoms with Gasteiger partial charge in [0.1, 0.15) is 5.82 Å². The molecule has 1 aromatic heterocycles. The summed E-state index contributed by atoms with van der Waals surface area (Å²) < 4.78 is 13.1. The summed E-state index contributed by atoms with van der Waals surface area (Å²) in [7, 11) is 0. The number of fused-ring (bicyclic) bond motifs is 1. The van der Waals surface area contributed by atoms with Crippen LogP contribution in [0.1, 0.15) is 34.6 Å². The van der Waals surface area contributed by atoms with Crippen LogP contribution in [-0.2, 0) is 6.42 Å². The number of amides is 3. The van der Waals surface area contributed by atoms with Crippen LogP contribution in [0.4, 0.5) is 20.6 Å². The molecule has 0 fully saturated rings. The van der Waals surface area contributed by atoms with E-state index in [0.29, 0.717) is 29.9 Å². The van der Waals surface area contributed by atoms with Gasteiger partial charge in [-0.2, -0.15) is 0 Å². The molecule has 2 aromatic carbocycles. The molecule has 7 heteroatoms. The number of nitrogens with one attached hydrogen (secondary N) is 2. The van der Waals surface area contributed by atoms with Crippen molar-refractivity contribution >= 4 is 23.3 Å². The fraction of sp³-hybridized carbons (Fsp3) is 0.174. The first kappa shape index (κ1) is 19.6. The Morgan fingerprint density at radius 2 is 1.87 bits per heavy atom. The number of hydrogen-bond acceptors (Lipinski definition) is 3. The Kier molecular flexibility index (Phi) is 5.43. The Morgan fingerprint density at radius 1 is 1.07 bits per heavy atom. The molecule has 4 rings (SSSR count). The third kappa shape index (κ3) is 4.00. The highest BCUT2D eigenvalue weighted by Crippen LogP contribution is 2.31. The minimum Gasteiger partial charge on any atom is -0.344 e. The van der Waals surface area contributed by atoms with Gasteiger partial charge in [0.2, 0.25) is 0 Å². The normalized spacial score (nSPS) is 13.5. The van der Waals surface area contributed by atoms with Gasteiger partial charge in [-0.25, -0.2) is 9.18 Å². The van der Waals surface area contributed by atoms with Crippen molar-refractivity contribution in [2.45, 2.75) is 19.4 Å². The number of benzene rings is 2. The molecule has 1 aliphatic rings. The van der Waals surface area contributed by atoms with Gasteiger partial charge in [0.15, 0.2) is 0 Å². The highest BCUT2D eigenvalue weighted by atomic mass is 19.1. The first-order chi connectivity index (χ1) is 14.5.